The Kier molecular flexibility index (Phi) is 3.32. The van der Waals surface area contributed by atoms with Crippen LogP contribution in [0.3, 0.4) is 0 Å². The summed E-state index contributed by atoms with van der Waals surface area (Å²) in [7, 11) is -6.67. The SMILES string of the molecule is CS(=O)(=O)C1CCN(S(=O)(=O)c2cccs2)C1. The van der Waals surface area contributed by atoms with Crippen molar-refractivity contribution in [2.75, 3.05) is 19.3 Å². The molecule has 0 spiro atoms. The molecule has 1 unspecified atom stereocenters. The summed E-state index contributed by atoms with van der Waals surface area (Å²) in [5.41, 5.74) is 0. The molecule has 0 saturated carbocycles. The highest BCUT2D eigenvalue weighted by molar-refractivity contribution is 7.92. The first-order valence-electron chi connectivity index (χ1n) is 5.04. The molecule has 1 aromatic rings. The molecule has 1 saturated heterocycles. The maximum Gasteiger partial charge on any atom is 0.252 e. The van der Waals surface area contributed by atoms with E-state index in [9.17, 15) is 16.8 Å². The molecule has 2 heterocycles. The van der Waals surface area contributed by atoms with Gasteiger partial charge in [0.15, 0.2) is 9.84 Å². The molecule has 17 heavy (non-hydrogen) atoms. The van der Waals surface area contributed by atoms with Crippen LogP contribution in [0, 0.1) is 0 Å². The molecule has 1 aromatic heterocycles. The Morgan fingerprint density at radius 1 is 1.35 bits per heavy atom. The van der Waals surface area contributed by atoms with Crippen LogP contribution in [0.1, 0.15) is 6.42 Å². The monoisotopic (exact) mass is 295 g/mol. The lowest BCUT2D eigenvalue weighted by molar-refractivity contribution is 0.478. The van der Waals surface area contributed by atoms with Crippen molar-refractivity contribution in [2.45, 2.75) is 15.9 Å². The van der Waals surface area contributed by atoms with Crippen LogP contribution in [-0.4, -0.2) is 45.7 Å². The van der Waals surface area contributed by atoms with Gasteiger partial charge in [-0.15, -0.1) is 11.3 Å². The molecule has 0 N–H and O–H groups in total. The summed E-state index contributed by atoms with van der Waals surface area (Å²) >= 11 is 1.15. The van der Waals surface area contributed by atoms with Crippen LogP contribution in [0.2, 0.25) is 0 Å². The Bertz CT molecular complexity index is 588. The van der Waals surface area contributed by atoms with E-state index in [2.05, 4.69) is 0 Å². The Morgan fingerprint density at radius 3 is 2.53 bits per heavy atom. The summed E-state index contributed by atoms with van der Waals surface area (Å²) in [5, 5.41) is 1.12. The molecule has 0 radical (unpaired) electrons. The zero-order chi connectivity index (χ0) is 12.7. The summed E-state index contributed by atoms with van der Waals surface area (Å²) in [6.07, 6.45) is 1.53. The summed E-state index contributed by atoms with van der Waals surface area (Å²) in [6.45, 7) is 0.344. The van der Waals surface area contributed by atoms with Gasteiger partial charge in [0.05, 0.1) is 5.25 Å². The standard InChI is InChI=1S/C9H13NO4S3/c1-16(11,12)8-4-5-10(7-8)17(13,14)9-3-2-6-15-9/h2-3,6,8H,4-5,7H2,1H3. The molecule has 1 atom stereocenters. The lowest BCUT2D eigenvalue weighted by atomic mass is 10.4. The zero-order valence-electron chi connectivity index (χ0n) is 9.24. The number of hydrogen-bond donors (Lipinski definition) is 0. The van der Waals surface area contributed by atoms with Crippen molar-refractivity contribution < 1.29 is 16.8 Å². The fraction of sp³-hybridized carbons (Fsp3) is 0.556. The number of hydrogen-bond acceptors (Lipinski definition) is 5. The average molecular weight is 295 g/mol. The van der Waals surface area contributed by atoms with E-state index < -0.39 is 25.1 Å². The fourth-order valence-corrected chi connectivity index (χ4v) is 5.53. The molecule has 1 aliphatic heterocycles. The average Bonchev–Trinajstić information content (AvgIpc) is 2.89. The first-order valence-corrected chi connectivity index (χ1v) is 9.32. The molecule has 0 bridgehead atoms. The van der Waals surface area contributed by atoms with Crippen molar-refractivity contribution in [1.29, 1.82) is 0 Å². The zero-order valence-corrected chi connectivity index (χ0v) is 11.7. The van der Waals surface area contributed by atoms with Crippen molar-refractivity contribution in [2.24, 2.45) is 0 Å². The lowest BCUT2D eigenvalue weighted by Crippen LogP contribution is -2.31. The van der Waals surface area contributed by atoms with Gasteiger partial charge in [0.1, 0.15) is 4.21 Å². The van der Waals surface area contributed by atoms with Crippen LogP contribution < -0.4 is 0 Å². The molecule has 0 amide bonds. The van der Waals surface area contributed by atoms with Gasteiger partial charge in [-0.1, -0.05) is 6.07 Å². The van der Waals surface area contributed by atoms with E-state index in [0.717, 1.165) is 17.6 Å². The molecule has 5 nitrogen and oxygen atoms in total. The third-order valence-electron chi connectivity index (χ3n) is 2.80. The smallest absolute Gasteiger partial charge is 0.229 e. The van der Waals surface area contributed by atoms with Gasteiger partial charge in [-0.05, 0) is 17.9 Å². The molecule has 0 aliphatic carbocycles. The molecule has 0 aromatic carbocycles. The maximum atomic E-state index is 12.1. The molecule has 1 aliphatic rings. The number of nitrogens with zero attached hydrogens (tertiary/aromatic N) is 1. The van der Waals surface area contributed by atoms with Gasteiger partial charge in [-0.2, -0.15) is 4.31 Å². The van der Waals surface area contributed by atoms with Gasteiger partial charge in [-0.3, -0.25) is 0 Å². The highest BCUT2D eigenvalue weighted by Gasteiger charge is 2.37. The molecule has 1 fully saturated rings. The molecule has 96 valence electrons. The van der Waals surface area contributed by atoms with Gasteiger partial charge >= 0.3 is 0 Å². The Hall–Kier alpha value is -0.440. The predicted octanol–water partition coefficient (Wildman–Crippen LogP) is 0.556. The largest absolute Gasteiger partial charge is 0.252 e. The second kappa shape index (κ2) is 4.34. The van der Waals surface area contributed by atoms with Gasteiger partial charge in [0.2, 0.25) is 0 Å². The second-order valence-electron chi connectivity index (χ2n) is 4.04. The van der Waals surface area contributed by atoms with Crippen LogP contribution in [0.5, 0.6) is 0 Å². The van der Waals surface area contributed by atoms with Gasteiger partial charge < -0.3 is 0 Å². The third kappa shape index (κ3) is 2.54. The normalized spacial score (nSPS) is 23.0. The van der Waals surface area contributed by atoms with Crippen molar-refractivity contribution in [1.82, 2.24) is 4.31 Å². The van der Waals surface area contributed by atoms with Crippen molar-refractivity contribution in [3.05, 3.63) is 17.5 Å². The number of rotatable bonds is 3. The van der Waals surface area contributed by atoms with Crippen LogP contribution in [0.4, 0.5) is 0 Å². The third-order valence-corrected chi connectivity index (χ3v) is 7.64. The van der Waals surface area contributed by atoms with Gasteiger partial charge in [-0.25, -0.2) is 16.8 Å². The van der Waals surface area contributed by atoms with Gasteiger partial charge in [0, 0.05) is 19.3 Å². The van der Waals surface area contributed by atoms with Gasteiger partial charge in [0.25, 0.3) is 10.0 Å². The van der Waals surface area contributed by atoms with Crippen molar-refractivity contribution in [3.8, 4) is 0 Å². The quantitative estimate of drug-likeness (QED) is 0.816. The Balaban J connectivity index is 2.23. The Morgan fingerprint density at radius 2 is 2.06 bits per heavy atom. The minimum absolute atomic E-state index is 0.0685. The van der Waals surface area contributed by atoms with E-state index in [4.69, 9.17) is 0 Å². The maximum absolute atomic E-state index is 12.1. The molecular formula is C9H13NO4S3. The van der Waals surface area contributed by atoms with Crippen molar-refractivity contribution >= 4 is 31.2 Å². The van der Waals surface area contributed by atoms with E-state index in [1.807, 2.05) is 0 Å². The van der Waals surface area contributed by atoms with Crippen molar-refractivity contribution in [3.63, 3.8) is 0 Å². The molecule has 8 heteroatoms. The topological polar surface area (TPSA) is 71.5 Å². The van der Waals surface area contributed by atoms with E-state index in [0.29, 0.717) is 6.42 Å². The number of thiophene rings is 1. The number of sulfone groups is 1. The summed E-state index contributed by atoms with van der Waals surface area (Å²) < 4.78 is 48.5. The number of sulfonamides is 1. The van der Waals surface area contributed by atoms with Crippen LogP contribution in [0.15, 0.2) is 21.7 Å². The first kappa shape index (κ1) is 13.0. The summed E-state index contributed by atoms with van der Waals surface area (Å²) in [6, 6.07) is 3.20. The molecule has 2 rings (SSSR count). The fourth-order valence-electron chi connectivity index (χ4n) is 1.80. The minimum atomic E-state index is -3.50. The summed E-state index contributed by atoms with van der Waals surface area (Å²) in [5.74, 6) is 0. The van der Waals surface area contributed by atoms with Crippen LogP contribution in [-0.2, 0) is 19.9 Å². The lowest BCUT2D eigenvalue weighted by Gasteiger charge is -2.14. The predicted molar refractivity (Wildman–Crippen MR) is 66.3 cm³/mol. The highest BCUT2D eigenvalue weighted by Crippen LogP contribution is 2.26. The molecular weight excluding hydrogens is 282 g/mol. The van der Waals surface area contributed by atoms with E-state index in [1.165, 1.54) is 10.4 Å². The highest BCUT2D eigenvalue weighted by atomic mass is 32.2. The minimum Gasteiger partial charge on any atom is -0.229 e. The van der Waals surface area contributed by atoms with Crippen LogP contribution in [0.25, 0.3) is 0 Å². The first-order chi connectivity index (χ1) is 7.82. The van der Waals surface area contributed by atoms with E-state index >= 15 is 0 Å². The Labute approximate surface area is 105 Å². The van der Waals surface area contributed by atoms with Crippen LogP contribution >= 0.6 is 11.3 Å². The van der Waals surface area contributed by atoms with E-state index in [1.54, 1.807) is 11.4 Å². The summed E-state index contributed by atoms with van der Waals surface area (Å²) in [4.78, 5) is 0. The van der Waals surface area contributed by atoms with E-state index in [-0.39, 0.29) is 17.3 Å². The second-order valence-corrected chi connectivity index (χ2v) is 9.47.